The van der Waals surface area contributed by atoms with Gasteiger partial charge in [0.25, 0.3) is 0 Å². The summed E-state index contributed by atoms with van der Waals surface area (Å²) < 4.78 is 20.6. The maximum Gasteiger partial charge on any atom is 0.173 e. The van der Waals surface area contributed by atoms with E-state index in [9.17, 15) is 9.50 Å². The summed E-state index contributed by atoms with van der Waals surface area (Å²) in [5.41, 5.74) is 6.28. The van der Waals surface area contributed by atoms with Crippen molar-refractivity contribution in [2.75, 3.05) is 12.3 Å². The summed E-state index contributed by atoms with van der Waals surface area (Å²) in [5, 5.41) is 18.6. The molecule has 3 heterocycles. The number of aromatic nitrogens is 4. The number of hydrogen-bond donors (Lipinski definition) is 3. The van der Waals surface area contributed by atoms with Crippen molar-refractivity contribution in [2.45, 2.75) is 24.6 Å². The first-order valence-corrected chi connectivity index (χ1v) is 5.65. The smallest absolute Gasteiger partial charge is 0.173 e. The van der Waals surface area contributed by atoms with Crippen LogP contribution in [0.5, 0.6) is 0 Å². The van der Waals surface area contributed by atoms with E-state index in [1.54, 1.807) is 0 Å². The summed E-state index contributed by atoms with van der Waals surface area (Å²) in [6, 6.07) is 0. The summed E-state index contributed by atoms with van der Waals surface area (Å²) >= 11 is 0. The van der Waals surface area contributed by atoms with Gasteiger partial charge in [0.1, 0.15) is 24.1 Å². The molecule has 2 aromatic rings. The van der Waals surface area contributed by atoms with Crippen molar-refractivity contribution in [2.24, 2.45) is 0 Å². The first-order valence-electron chi connectivity index (χ1n) is 5.65. The minimum absolute atomic E-state index is 0.177. The van der Waals surface area contributed by atoms with Crippen LogP contribution >= 0.6 is 0 Å². The Balaban J connectivity index is 2.04. The van der Waals surface area contributed by atoms with Gasteiger partial charge in [0.2, 0.25) is 0 Å². The molecule has 0 saturated carbocycles. The fourth-order valence-electron chi connectivity index (χ4n) is 2.13. The highest BCUT2D eigenvalue weighted by molar-refractivity contribution is 5.81. The third-order valence-corrected chi connectivity index (χ3v) is 3.13. The number of ether oxygens (including phenoxy) is 1. The fourth-order valence-corrected chi connectivity index (χ4v) is 2.13. The standard InChI is InChI=1S/C10H12FN5O3/c11-5-7(18)4(1-17)19-10(5)16-3-15-6-8(12)13-2-14-9(6)16/h2-5,7,10,17-18H,1H2,(H2,12,13,14)/t4-,5+,7?,10?/m1/s1/i11-1. The number of nitrogens with zero attached hydrogens (tertiary/aromatic N) is 4. The molecular formula is C10H12FN5O3. The lowest BCUT2D eigenvalue weighted by molar-refractivity contribution is -0.0459. The molecule has 2 unspecified atom stereocenters. The molecule has 8 nitrogen and oxygen atoms in total. The van der Waals surface area contributed by atoms with Crippen LogP contribution in [0.15, 0.2) is 12.7 Å². The monoisotopic (exact) mass is 268 g/mol. The van der Waals surface area contributed by atoms with Crippen LogP contribution in [-0.4, -0.2) is 54.7 Å². The first kappa shape index (κ1) is 12.2. The van der Waals surface area contributed by atoms with E-state index in [4.69, 9.17) is 15.6 Å². The number of rotatable bonds is 2. The molecule has 19 heavy (non-hydrogen) atoms. The van der Waals surface area contributed by atoms with Gasteiger partial charge in [-0.1, -0.05) is 0 Å². The Morgan fingerprint density at radius 2 is 2.21 bits per heavy atom. The van der Waals surface area contributed by atoms with E-state index < -0.39 is 31.2 Å². The molecule has 0 bridgehead atoms. The molecule has 3 rings (SSSR count). The van der Waals surface area contributed by atoms with Gasteiger partial charge in [0.05, 0.1) is 12.9 Å². The fraction of sp³-hybridized carbons (Fsp3) is 0.500. The van der Waals surface area contributed by atoms with Crippen LogP contribution in [0, 0.1) is 0 Å². The zero-order valence-corrected chi connectivity index (χ0v) is 9.72. The Morgan fingerprint density at radius 1 is 1.42 bits per heavy atom. The Morgan fingerprint density at radius 3 is 2.89 bits per heavy atom. The minimum atomic E-state index is -1.69. The van der Waals surface area contributed by atoms with Gasteiger partial charge >= 0.3 is 0 Å². The highest BCUT2D eigenvalue weighted by Gasteiger charge is 2.45. The number of nitrogen functional groups attached to an aromatic ring is 1. The normalized spacial score (nSPS) is 31.1. The van der Waals surface area contributed by atoms with E-state index in [1.807, 2.05) is 0 Å². The third kappa shape index (κ3) is 1.74. The number of aliphatic hydroxyl groups is 2. The van der Waals surface area contributed by atoms with E-state index >= 15 is 0 Å². The second-order valence-corrected chi connectivity index (χ2v) is 4.27. The summed E-state index contributed by atoms with van der Waals surface area (Å²) in [5.74, 6) is 0.177. The second kappa shape index (κ2) is 4.37. The zero-order chi connectivity index (χ0) is 13.6. The van der Waals surface area contributed by atoms with Crippen LogP contribution < -0.4 is 5.73 Å². The second-order valence-electron chi connectivity index (χ2n) is 4.27. The minimum Gasteiger partial charge on any atom is -0.394 e. The molecule has 0 aromatic carbocycles. The number of fused-ring (bicyclic) bond motifs is 1. The molecule has 1 aliphatic heterocycles. The first-order chi connectivity index (χ1) is 9.13. The quantitative estimate of drug-likeness (QED) is 0.638. The van der Waals surface area contributed by atoms with E-state index in [0.29, 0.717) is 11.2 Å². The number of alkyl halides is 1. The van der Waals surface area contributed by atoms with Gasteiger partial charge in [-0.15, -0.1) is 0 Å². The topological polar surface area (TPSA) is 119 Å². The number of anilines is 1. The molecule has 4 atom stereocenters. The van der Waals surface area contributed by atoms with E-state index in [0.717, 1.165) is 0 Å². The molecule has 2 aromatic heterocycles. The zero-order valence-electron chi connectivity index (χ0n) is 9.72. The molecular weight excluding hydrogens is 256 g/mol. The molecule has 4 N–H and O–H groups in total. The number of aliphatic hydroxyl groups excluding tert-OH is 2. The number of hydrogen-bond acceptors (Lipinski definition) is 7. The van der Waals surface area contributed by atoms with Crippen LogP contribution in [-0.2, 0) is 4.74 Å². The van der Waals surface area contributed by atoms with Crippen molar-refractivity contribution in [3.05, 3.63) is 12.7 Å². The van der Waals surface area contributed by atoms with Gasteiger partial charge in [-0.25, -0.2) is 19.3 Å². The predicted octanol–water partition coefficient (Wildman–Crippen LogP) is -1.00. The van der Waals surface area contributed by atoms with E-state index in [2.05, 4.69) is 15.0 Å². The van der Waals surface area contributed by atoms with E-state index in [1.165, 1.54) is 17.2 Å². The Bertz CT molecular complexity index is 606. The van der Waals surface area contributed by atoms with Gasteiger partial charge in [-0.3, -0.25) is 4.57 Å². The predicted molar refractivity (Wildman–Crippen MR) is 61.6 cm³/mol. The number of imidazole rings is 1. The third-order valence-electron chi connectivity index (χ3n) is 3.13. The van der Waals surface area contributed by atoms with Crippen LogP contribution in [0.4, 0.5) is 10.2 Å². The van der Waals surface area contributed by atoms with Crippen molar-refractivity contribution >= 4 is 17.0 Å². The maximum atomic E-state index is 14.0. The molecule has 102 valence electrons. The van der Waals surface area contributed by atoms with Crippen molar-refractivity contribution in [1.82, 2.24) is 19.5 Å². The molecule has 0 radical (unpaired) electrons. The molecule has 1 saturated heterocycles. The maximum absolute atomic E-state index is 14.0. The van der Waals surface area contributed by atoms with Crippen LogP contribution in [0.3, 0.4) is 0 Å². The largest absolute Gasteiger partial charge is 0.394 e. The van der Waals surface area contributed by atoms with Crippen LogP contribution in [0.2, 0.25) is 0 Å². The summed E-state index contributed by atoms with van der Waals surface area (Å²) in [6.07, 6.45) is -2.61. The van der Waals surface area contributed by atoms with Gasteiger partial charge in [0, 0.05) is 0 Å². The average Bonchev–Trinajstić information content (AvgIpc) is 2.94. The summed E-state index contributed by atoms with van der Waals surface area (Å²) in [6.45, 7) is -0.470. The summed E-state index contributed by atoms with van der Waals surface area (Å²) in [4.78, 5) is 11.8. The van der Waals surface area contributed by atoms with Gasteiger partial charge < -0.3 is 20.7 Å². The highest BCUT2D eigenvalue weighted by atomic mass is 18.2. The Hall–Kier alpha value is -1.84. The highest BCUT2D eigenvalue weighted by Crippen LogP contribution is 2.33. The van der Waals surface area contributed by atoms with Gasteiger partial charge in [-0.05, 0) is 0 Å². The van der Waals surface area contributed by atoms with Crippen molar-refractivity contribution in [3.63, 3.8) is 0 Å². The van der Waals surface area contributed by atoms with Gasteiger partial charge in [0.15, 0.2) is 23.9 Å². The summed E-state index contributed by atoms with van der Waals surface area (Å²) in [7, 11) is 0. The average molecular weight is 268 g/mol. The van der Waals surface area contributed by atoms with Crippen LogP contribution in [0.25, 0.3) is 11.2 Å². The van der Waals surface area contributed by atoms with Crippen molar-refractivity contribution in [3.8, 4) is 0 Å². The Kier molecular flexibility index (Phi) is 2.81. The molecule has 0 aliphatic carbocycles. The molecule has 9 heteroatoms. The van der Waals surface area contributed by atoms with Crippen LogP contribution in [0.1, 0.15) is 6.23 Å². The molecule has 0 spiro atoms. The van der Waals surface area contributed by atoms with Gasteiger partial charge in [-0.2, -0.15) is 0 Å². The lowest BCUT2D eigenvalue weighted by atomic mass is 10.1. The lowest BCUT2D eigenvalue weighted by Crippen LogP contribution is -2.30. The van der Waals surface area contributed by atoms with Crippen molar-refractivity contribution < 1.29 is 19.3 Å². The Labute approximate surface area is 106 Å². The van der Waals surface area contributed by atoms with Crippen molar-refractivity contribution in [1.29, 1.82) is 0 Å². The lowest BCUT2D eigenvalue weighted by Gasteiger charge is -2.14. The number of nitrogens with two attached hydrogens (primary N) is 1. The molecule has 0 amide bonds. The molecule has 1 aliphatic rings. The van der Waals surface area contributed by atoms with E-state index in [-0.39, 0.29) is 5.82 Å². The number of halogens is 1. The SMILES string of the molecule is Nc1ncnc2c1ncn2C1O[C@H](CO)C(O)[C@@H]1[18F]. The molecule has 1 fully saturated rings.